The van der Waals surface area contributed by atoms with E-state index in [2.05, 4.69) is 31.2 Å². The van der Waals surface area contributed by atoms with E-state index in [9.17, 15) is 4.79 Å². The van der Waals surface area contributed by atoms with Crippen LogP contribution in [0, 0.1) is 17.8 Å². The Morgan fingerprint density at radius 1 is 1.11 bits per heavy atom. The molecule has 2 heteroatoms. The molecule has 0 bridgehead atoms. The molecule has 0 aromatic heterocycles. The van der Waals surface area contributed by atoms with Crippen LogP contribution in [0.25, 0.3) is 0 Å². The molecule has 2 saturated carbocycles. The Morgan fingerprint density at radius 2 is 1.68 bits per heavy atom. The topological polar surface area (TPSA) is 20.3 Å². The third-order valence-electron chi connectivity index (χ3n) is 4.82. The first-order valence-corrected chi connectivity index (χ1v) is 7.50. The Hall–Kier alpha value is -1.31. The van der Waals surface area contributed by atoms with Crippen molar-refractivity contribution in [1.82, 2.24) is 4.90 Å². The van der Waals surface area contributed by atoms with Crippen molar-refractivity contribution in [2.75, 3.05) is 7.05 Å². The van der Waals surface area contributed by atoms with Crippen LogP contribution in [0.15, 0.2) is 24.3 Å². The fraction of sp³-hybridized carbons (Fsp3) is 0.588. The number of hydrogen-bond acceptors (Lipinski definition) is 1. The molecule has 1 aromatic rings. The van der Waals surface area contributed by atoms with Gasteiger partial charge < -0.3 is 4.90 Å². The summed E-state index contributed by atoms with van der Waals surface area (Å²) in [4.78, 5) is 14.3. The van der Waals surface area contributed by atoms with Crippen LogP contribution in [0.5, 0.6) is 0 Å². The lowest BCUT2D eigenvalue weighted by molar-refractivity contribution is -0.134. The maximum atomic E-state index is 12.4. The van der Waals surface area contributed by atoms with E-state index in [4.69, 9.17) is 0 Å². The summed E-state index contributed by atoms with van der Waals surface area (Å²) in [5.74, 6) is 2.42. The van der Waals surface area contributed by atoms with Crippen molar-refractivity contribution in [3.63, 3.8) is 0 Å². The zero-order valence-corrected chi connectivity index (χ0v) is 11.9. The van der Waals surface area contributed by atoms with Crippen LogP contribution in [0.1, 0.15) is 37.3 Å². The standard InChI is InChI=1S/C17H23NO/c1-3-12-4-6-13(7-5-12)11-18(2)17(19)16-9-14-8-15(14)10-16/h4-7,14-16H,3,8-11H2,1-2H3. The van der Waals surface area contributed by atoms with Crippen molar-refractivity contribution in [3.8, 4) is 0 Å². The first-order chi connectivity index (χ1) is 9.17. The molecule has 0 spiro atoms. The molecule has 0 radical (unpaired) electrons. The molecule has 0 saturated heterocycles. The fourth-order valence-corrected chi connectivity index (χ4v) is 3.46. The van der Waals surface area contributed by atoms with Gasteiger partial charge in [-0.15, -0.1) is 0 Å². The molecule has 3 rings (SSSR count). The molecule has 2 atom stereocenters. The van der Waals surface area contributed by atoms with Crippen LogP contribution in [0.4, 0.5) is 0 Å². The molecule has 2 aliphatic rings. The predicted octanol–water partition coefficient (Wildman–Crippen LogP) is 3.25. The smallest absolute Gasteiger partial charge is 0.225 e. The minimum atomic E-state index is 0.309. The van der Waals surface area contributed by atoms with Gasteiger partial charge in [0, 0.05) is 19.5 Å². The van der Waals surface area contributed by atoms with E-state index in [1.54, 1.807) is 0 Å². The van der Waals surface area contributed by atoms with E-state index in [1.807, 2.05) is 11.9 Å². The summed E-state index contributed by atoms with van der Waals surface area (Å²) in [6.07, 6.45) is 4.73. The average molecular weight is 257 g/mol. The van der Waals surface area contributed by atoms with E-state index in [1.165, 1.54) is 17.5 Å². The first-order valence-electron chi connectivity index (χ1n) is 7.50. The Labute approximate surface area is 115 Å². The molecule has 2 fully saturated rings. The lowest BCUT2D eigenvalue weighted by atomic mass is 10.0. The number of nitrogens with zero attached hydrogens (tertiary/aromatic N) is 1. The quantitative estimate of drug-likeness (QED) is 0.811. The molecular weight excluding hydrogens is 234 g/mol. The molecule has 2 nitrogen and oxygen atoms in total. The third kappa shape index (κ3) is 2.68. The highest BCUT2D eigenvalue weighted by Gasteiger charge is 2.48. The molecule has 0 heterocycles. The summed E-state index contributed by atoms with van der Waals surface area (Å²) < 4.78 is 0. The lowest BCUT2D eigenvalue weighted by Crippen LogP contribution is -2.31. The second kappa shape index (κ2) is 4.99. The molecule has 0 aliphatic heterocycles. The minimum Gasteiger partial charge on any atom is -0.341 e. The zero-order valence-electron chi connectivity index (χ0n) is 11.9. The summed E-state index contributed by atoms with van der Waals surface area (Å²) in [5.41, 5.74) is 2.59. The van der Waals surface area contributed by atoms with Gasteiger partial charge >= 0.3 is 0 Å². The number of amides is 1. The number of rotatable bonds is 4. The second-order valence-electron chi connectivity index (χ2n) is 6.29. The summed E-state index contributed by atoms with van der Waals surface area (Å²) >= 11 is 0. The molecule has 102 valence electrons. The Bertz CT molecular complexity index is 455. The number of hydrogen-bond donors (Lipinski definition) is 0. The number of carbonyl (C=O) groups is 1. The van der Waals surface area contributed by atoms with Crippen molar-refractivity contribution in [2.45, 2.75) is 39.2 Å². The van der Waals surface area contributed by atoms with Crippen molar-refractivity contribution in [2.24, 2.45) is 17.8 Å². The van der Waals surface area contributed by atoms with Crippen LogP contribution in [-0.2, 0) is 17.8 Å². The lowest BCUT2D eigenvalue weighted by Gasteiger charge is -2.22. The van der Waals surface area contributed by atoms with Crippen LogP contribution in [0.3, 0.4) is 0 Å². The summed E-state index contributed by atoms with van der Waals surface area (Å²) in [6, 6.07) is 8.63. The molecule has 19 heavy (non-hydrogen) atoms. The maximum Gasteiger partial charge on any atom is 0.225 e. The van der Waals surface area contributed by atoms with E-state index < -0.39 is 0 Å². The highest BCUT2D eigenvalue weighted by atomic mass is 16.2. The van der Waals surface area contributed by atoms with Crippen molar-refractivity contribution in [1.29, 1.82) is 0 Å². The van der Waals surface area contributed by atoms with Gasteiger partial charge in [-0.3, -0.25) is 4.79 Å². The van der Waals surface area contributed by atoms with Gasteiger partial charge in [0.05, 0.1) is 0 Å². The Balaban J connectivity index is 1.57. The highest BCUT2D eigenvalue weighted by molar-refractivity contribution is 5.79. The van der Waals surface area contributed by atoms with Crippen molar-refractivity contribution < 1.29 is 4.79 Å². The number of benzene rings is 1. The normalized spacial score (nSPS) is 28.0. The van der Waals surface area contributed by atoms with Crippen LogP contribution in [0.2, 0.25) is 0 Å². The van der Waals surface area contributed by atoms with E-state index >= 15 is 0 Å². The van der Waals surface area contributed by atoms with Crippen LogP contribution >= 0.6 is 0 Å². The molecule has 1 aromatic carbocycles. The second-order valence-corrected chi connectivity index (χ2v) is 6.29. The van der Waals surface area contributed by atoms with Gasteiger partial charge in [0.2, 0.25) is 5.91 Å². The fourth-order valence-electron chi connectivity index (χ4n) is 3.46. The van der Waals surface area contributed by atoms with Gasteiger partial charge in [-0.2, -0.15) is 0 Å². The van der Waals surface area contributed by atoms with E-state index in [0.717, 1.165) is 37.6 Å². The Morgan fingerprint density at radius 3 is 2.26 bits per heavy atom. The Kier molecular flexibility index (Phi) is 3.34. The van der Waals surface area contributed by atoms with Gasteiger partial charge in [-0.05, 0) is 48.6 Å². The summed E-state index contributed by atoms with van der Waals surface area (Å²) in [6.45, 7) is 2.91. The molecule has 2 aliphatic carbocycles. The van der Waals surface area contributed by atoms with Gasteiger partial charge in [0.1, 0.15) is 0 Å². The van der Waals surface area contributed by atoms with Gasteiger partial charge in [-0.25, -0.2) is 0 Å². The van der Waals surface area contributed by atoms with Gasteiger partial charge in [0.15, 0.2) is 0 Å². The summed E-state index contributed by atoms with van der Waals surface area (Å²) in [7, 11) is 1.94. The molecule has 1 amide bonds. The van der Waals surface area contributed by atoms with Gasteiger partial charge in [0.25, 0.3) is 0 Å². The molecular formula is C17H23NO. The SMILES string of the molecule is CCc1ccc(CN(C)C(=O)C2CC3CC3C2)cc1. The molecule has 2 unspecified atom stereocenters. The monoisotopic (exact) mass is 257 g/mol. The molecule has 0 N–H and O–H groups in total. The largest absolute Gasteiger partial charge is 0.341 e. The van der Waals surface area contributed by atoms with Gasteiger partial charge in [-0.1, -0.05) is 31.2 Å². The maximum absolute atomic E-state index is 12.4. The minimum absolute atomic E-state index is 0.309. The third-order valence-corrected chi connectivity index (χ3v) is 4.82. The highest BCUT2D eigenvalue weighted by Crippen LogP contribution is 2.54. The van der Waals surface area contributed by atoms with E-state index in [-0.39, 0.29) is 0 Å². The number of carbonyl (C=O) groups excluding carboxylic acids is 1. The average Bonchev–Trinajstić information content (AvgIpc) is 3.05. The predicted molar refractivity (Wildman–Crippen MR) is 76.6 cm³/mol. The van der Waals surface area contributed by atoms with E-state index in [0.29, 0.717) is 11.8 Å². The van der Waals surface area contributed by atoms with Crippen LogP contribution in [-0.4, -0.2) is 17.9 Å². The van der Waals surface area contributed by atoms with Crippen molar-refractivity contribution in [3.05, 3.63) is 35.4 Å². The summed E-state index contributed by atoms with van der Waals surface area (Å²) in [5, 5.41) is 0. The first kappa shape index (κ1) is 12.7. The number of fused-ring (bicyclic) bond motifs is 1. The van der Waals surface area contributed by atoms with Crippen molar-refractivity contribution >= 4 is 5.91 Å². The number of aryl methyl sites for hydroxylation is 1. The zero-order chi connectivity index (χ0) is 13.4. The van der Waals surface area contributed by atoms with Crippen LogP contribution < -0.4 is 0 Å².